The lowest BCUT2D eigenvalue weighted by Crippen LogP contribution is -2.46. The van der Waals surface area contributed by atoms with Gasteiger partial charge in [0, 0.05) is 54.4 Å². The van der Waals surface area contributed by atoms with Crippen molar-refractivity contribution in [1.82, 2.24) is 15.2 Å². The van der Waals surface area contributed by atoms with Gasteiger partial charge in [0.2, 0.25) is 0 Å². The second-order valence-corrected chi connectivity index (χ2v) is 10.1. The average molecular weight is 522 g/mol. The second kappa shape index (κ2) is 11.1. The Balaban J connectivity index is 0.977. The van der Waals surface area contributed by atoms with Crippen molar-refractivity contribution in [3.05, 3.63) is 89.7 Å². The third kappa shape index (κ3) is 5.54. The first kappa shape index (κ1) is 24.8. The Morgan fingerprint density at radius 3 is 2.77 bits per heavy atom. The Hall–Kier alpha value is -4.48. The van der Waals surface area contributed by atoms with Crippen LogP contribution in [-0.2, 0) is 13.0 Å². The van der Waals surface area contributed by atoms with E-state index in [4.69, 9.17) is 8.83 Å². The van der Waals surface area contributed by atoms with Crippen molar-refractivity contribution >= 4 is 33.5 Å². The molecular weight excluding hydrogens is 490 g/mol. The quantitative estimate of drug-likeness (QED) is 0.250. The molecule has 8 heteroatoms. The molecule has 8 nitrogen and oxygen atoms in total. The smallest absolute Gasteiger partial charge is 0.287 e. The number of hydrogen-bond donors (Lipinski definition) is 2. The Kier molecular flexibility index (Phi) is 7.07. The Labute approximate surface area is 226 Å². The summed E-state index contributed by atoms with van der Waals surface area (Å²) in [6.45, 7) is 5.42. The molecule has 2 aromatic carbocycles. The molecule has 1 amide bonds. The van der Waals surface area contributed by atoms with Gasteiger partial charge in [0.15, 0.2) is 5.76 Å². The maximum absolute atomic E-state index is 12.5. The molecule has 0 radical (unpaired) electrons. The number of anilines is 1. The SMILES string of the molecule is N#Cc1ccc2[nH]cc(CCCCN3CCN(c4ccc5oc(C(=O)NCc6ccco6)cc5c4)CC3)c2c1. The zero-order valence-electron chi connectivity index (χ0n) is 21.8. The van der Waals surface area contributed by atoms with E-state index in [1.54, 1.807) is 18.4 Å². The first-order chi connectivity index (χ1) is 19.2. The molecule has 4 heterocycles. The van der Waals surface area contributed by atoms with E-state index in [9.17, 15) is 10.1 Å². The average Bonchev–Trinajstić information content (AvgIpc) is 3.74. The summed E-state index contributed by atoms with van der Waals surface area (Å²) in [6.07, 6.45) is 6.96. The van der Waals surface area contributed by atoms with E-state index in [2.05, 4.69) is 44.5 Å². The number of fused-ring (bicyclic) bond motifs is 2. The van der Waals surface area contributed by atoms with Gasteiger partial charge in [-0.2, -0.15) is 5.26 Å². The monoisotopic (exact) mass is 521 g/mol. The van der Waals surface area contributed by atoms with Crippen LogP contribution in [0, 0.1) is 11.3 Å². The highest BCUT2D eigenvalue weighted by atomic mass is 16.3. The molecule has 6 rings (SSSR count). The molecule has 1 saturated heterocycles. The molecule has 0 unspecified atom stereocenters. The van der Waals surface area contributed by atoms with E-state index in [0.29, 0.717) is 29.2 Å². The summed E-state index contributed by atoms with van der Waals surface area (Å²) >= 11 is 0. The molecule has 3 aromatic heterocycles. The van der Waals surface area contributed by atoms with Gasteiger partial charge in [0.05, 0.1) is 24.4 Å². The highest BCUT2D eigenvalue weighted by Gasteiger charge is 2.19. The summed E-state index contributed by atoms with van der Waals surface area (Å²) in [4.78, 5) is 20.8. The predicted molar refractivity (Wildman–Crippen MR) is 151 cm³/mol. The lowest BCUT2D eigenvalue weighted by Gasteiger charge is -2.36. The molecule has 0 spiro atoms. The normalized spacial score (nSPS) is 14.2. The number of piperazine rings is 1. The number of carbonyl (C=O) groups excluding carboxylic acids is 1. The number of aromatic amines is 1. The number of hydrogen-bond acceptors (Lipinski definition) is 6. The molecule has 39 heavy (non-hydrogen) atoms. The fourth-order valence-corrected chi connectivity index (χ4v) is 5.34. The van der Waals surface area contributed by atoms with Gasteiger partial charge in [-0.1, -0.05) is 0 Å². The van der Waals surface area contributed by atoms with E-state index in [0.717, 1.165) is 68.6 Å². The molecule has 0 aliphatic carbocycles. The van der Waals surface area contributed by atoms with Gasteiger partial charge in [-0.15, -0.1) is 0 Å². The summed E-state index contributed by atoms with van der Waals surface area (Å²) < 4.78 is 11.1. The first-order valence-electron chi connectivity index (χ1n) is 13.5. The Bertz CT molecular complexity index is 1620. The van der Waals surface area contributed by atoms with Crippen LogP contribution in [0.1, 0.15) is 40.3 Å². The minimum absolute atomic E-state index is 0.255. The number of carbonyl (C=O) groups is 1. The number of aromatic nitrogens is 1. The zero-order valence-corrected chi connectivity index (χ0v) is 21.8. The number of rotatable bonds is 9. The first-order valence-corrected chi connectivity index (χ1v) is 13.5. The standard InChI is InChI=1S/C31H31N5O3/c32-19-22-6-8-28-27(16-22)23(20-33-28)4-1-2-10-35-11-13-36(14-12-35)25-7-9-29-24(17-25)18-30(39-29)31(37)34-21-26-5-3-15-38-26/h3,5-9,15-18,20,33H,1-2,4,10-14,21H2,(H,34,37). The highest BCUT2D eigenvalue weighted by Crippen LogP contribution is 2.26. The Morgan fingerprint density at radius 2 is 1.95 bits per heavy atom. The van der Waals surface area contributed by atoms with Crippen LogP contribution in [0.15, 0.2) is 75.9 Å². The summed E-state index contributed by atoms with van der Waals surface area (Å²) in [5, 5.41) is 14.1. The number of nitrogens with zero attached hydrogens (tertiary/aromatic N) is 3. The van der Waals surface area contributed by atoms with Crippen molar-refractivity contribution < 1.29 is 13.6 Å². The number of furan rings is 2. The fraction of sp³-hybridized carbons (Fsp3) is 0.290. The van der Waals surface area contributed by atoms with E-state index in [1.165, 1.54) is 10.9 Å². The minimum Gasteiger partial charge on any atom is -0.467 e. The van der Waals surface area contributed by atoms with Crippen LogP contribution in [0.2, 0.25) is 0 Å². The topological polar surface area (TPSA) is 101 Å². The van der Waals surface area contributed by atoms with Gasteiger partial charge < -0.3 is 24.0 Å². The largest absolute Gasteiger partial charge is 0.467 e. The lowest BCUT2D eigenvalue weighted by molar-refractivity contribution is 0.0922. The van der Waals surface area contributed by atoms with Crippen LogP contribution in [0.4, 0.5) is 5.69 Å². The third-order valence-corrected chi connectivity index (χ3v) is 7.53. The fourth-order valence-electron chi connectivity index (χ4n) is 5.34. The molecule has 1 aliphatic heterocycles. The summed E-state index contributed by atoms with van der Waals surface area (Å²) in [5.41, 5.74) is 4.96. The number of unbranched alkanes of at least 4 members (excludes halogenated alkanes) is 1. The summed E-state index contributed by atoms with van der Waals surface area (Å²) in [6, 6.07) is 19.6. The number of aryl methyl sites for hydroxylation is 1. The van der Waals surface area contributed by atoms with Gasteiger partial charge in [-0.05, 0) is 86.0 Å². The van der Waals surface area contributed by atoms with Crippen LogP contribution in [0.3, 0.4) is 0 Å². The van der Waals surface area contributed by atoms with E-state index in [1.807, 2.05) is 30.3 Å². The molecule has 2 N–H and O–H groups in total. The molecule has 0 atom stereocenters. The van der Waals surface area contributed by atoms with E-state index >= 15 is 0 Å². The Morgan fingerprint density at radius 1 is 1.05 bits per heavy atom. The van der Waals surface area contributed by atoms with Crippen LogP contribution >= 0.6 is 0 Å². The third-order valence-electron chi connectivity index (χ3n) is 7.53. The molecule has 198 valence electrons. The number of amides is 1. The van der Waals surface area contributed by atoms with Crippen molar-refractivity contribution in [2.45, 2.75) is 25.8 Å². The van der Waals surface area contributed by atoms with Gasteiger partial charge in [-0.25, -0.2) is 0 Å². The number of nitrogens with one attached hydrogen (secondary N) is 2. The van der Waals surface area contributed by atoms with Crippen LogP contribution < -0.4 is 10.2 Å². The van der Waals surface area contributed by atoms with Crippen LogP contribution in [0.25, 0.3) is 21.9 Å². The maximum atomic E-state index is 12.5. The van der Waals surface area contributed by atoms with E-state index in [-0.39, 0.29) is 5.91 Å². The predicted octanol–water partition coefficient (Wildman–Crippen LogP) is 5.45. The van der Waals surface area contributed by atoms with Crippen molar-refractivity contribution in [2.24, 2.45) is 0 Å². The van der Waals surface area contributed by atoms with E-state index < -0.39 is 0 Å². The van der Waals surface area contributed by atoms with Crippen LogP contribution in [0.5, 0.6) is 0 Å². The van der Waals surface area contributed by atoms with Gasteiger partial charge in [-0.3, -0.25) is 9.69 Å². The number of benzene rings is 2. The maximum Gasteiger partial charge on any atom is 0.287 e. The van der Waals surface area contributed by atoms with Crippen molar-refractivity contribution in [1.29, 1.82) is 5.26 Å². The highest BCUT2D eigenvalue weighted by molar-refractivity contribution is 5.96. The van der Waals surface area contributed by atoms with Gasteiger partial charge in [0.1, 0.15) is 11.3 Å². The summed E-state index contributed by atoms with van der Waals surface area (Å²) in [5.74, 6) is 0.747. The van der Waals surface area contributed by atoms with Crippen molar-refractivity contribution in [3.8, 4) is 6.07 Å². The van der Waals surface area contributed by atoms with Crippen molar-refractivity contribution in [3.63, 3.8) is 0 Å². The molecule has 1 fully saturated rings. The summed E-state index contributed by atoms with van der Waals surface area (Å²) in [7, 11) is 0. The van der Waals surface area contributed by atoms with Crippen LogP contribution in [-0.4, -0.2) is 48.5 Å². The number of nitriles is 1. The molecular formula is C31H31N5O3. The number of H-pyrrole nitrogens is 1. The van der Waals surface area contributed by atoms with Gasteiger partial charge in [0.25, 0.3) is 5.91 Å². The molecule has 5 aromatic rings. The second-order valence-electron chi connectivity index (χ2n) is 10.1. The molecule has 0 saturated carbocycles. The molecule has 0 bridgehead atoms. The minimum atomic E-state index is -0.255. The molecule has 1 aliphatic rings. The zero-order chi connectivity index (χ0) is 26.6. The van der Waals surface area contributed by atoms with Crippen molar-refractivity contribution in [2.75, 3.05) is 37.6 Å². The lowest BCUT2D eigenvalue weighted by atomic mass is 10.1. The van der Waals surface area contributed by atoms with Gasteiger partial charge >= 0.3 is 0 Å².